The number of nitrogens with one attached hydrogen (secondary N) is 1. The number of nitrogens with zero attached hydrogens (tertiary/aromatic N) is 2. The molecule has 1 aromatic heterocycles. The van der Waals surface area contributed by atoms with E-state index in [-0.39, 0.29) is 0 Å². The van der Waals surface area contributed by atoms with Gasteiger partial charge in [0.2, 0.25) is 0 Å². The highest BCUT2D eigenvalue weighted by molar-refractivity contribution is 6.25. The van der Waals surface area contributed by atoms with Gasteiger partial charge in [-0.05, 0) is 31.2 Å². The van der Waals surface area contributed by atoms with Gasteiger partial charge in [-0.25, -0.2) is 4.98 Å². The molecule has 2 aliphatic rings. The maximum Gasteiger partial charge on any atom is 0.138 e. The summed E-state index contributed by atoms with van der Waals surface area (Å²) in [5, 5.41) is 13.1. The van der Waals surface area contributed by atoms with Crippen molar-refractivity contribution in [2.24, 2.45) is 5.16 Å². The molecule has 24 heavy (non-hydrogen) atoms. The SMILES string of the molecule is O/N=C1/c2ccccc2-c2c1cccc2-c1nc2c([nH]1)CCCC2. The van der Waals surface area contributed by atoms with Crippen molar-refractivity contribution in [3.63, 3.8) is 0 Å². The van der Waals surface area contributed by atoms with E-state index in [2.05, 4.69) is 22.3 Å². The highest BCUT2D eigenvalue weighted by Crippen LogP contribution is 2.42. The van der Waals surface area contributed by atoms with Crippen LogP contribution in [0.2, 0.25) is 0 Å². The maximum absolute atomic E-state index is 9.52. The largest absolute Gasteiger partial charge is 0.410 e. The Morgan fingerprint density at radius 2 is 1.62 bits per heavy atom. The normalized spacial score (nSPS) is 16.8. The van der Waals surface area contributed by atoms with Crippen LogP contribution in [-0.2, 0) is 12.8 Å². The number of aromatic nitrogens is 2. The van der Waals surface area contributed by atoms with Crippen molar-refractivity contribution in [2.75, 3.05) is 0 Å². The van der Waals surface area contributed by atoms with E-state index in [4.69, 9.17) is 4.98 Å². The fourth-order valence-corrected chi connectivity index (χ4v) is 3.98. The van der Waals surface area contributed by atoms with Crippen molar-refractivity contribution in [1.29, 1.82) is 0 Å². The number of fused-ring (bicyclic) bond motifs is 4. The molecule has 0 fully saturated rings. The third kappa shape index (κ3) is 1.80. The molecule has 0 saturated heterocycles. The number of H-pyrrole nitrogens is 1. The minimum Gasteiger partial charge on any atom is -0.410 e. The van der Waals surface area contributed by atoms with E-state index in [1.165, 1.54) is 24.2 Å². The number of hydrogen-bond donors (Lipinski definition) is 2. The average Bonchev–Trinajstić information content (AvgIpc) is 3.20. The summed E-state index contributed by atoms with van der Waals surface area (Å²) in [7, 11) is 0. The van der Waals surface area contributed by atoms with Crippen LogP contribution in [0.4, 0.5) is 0 Å². The average molecular weight is 315 g/mol. The predicted octanol–water partition coefficient (Wildman–Crippen LogP) is 4.16. The van der Waals surface area contributed by atoms with E-state index in [9.17, 15) is 5.21 Å². The maximum atomic E-state index is 9.52. The second-order valence-corrected chi connectivity index (χ2v) is 6.44. The molecule has 4 heteroatoms. The van der Waals surface area contributed by atoms with Crippen LogP contribution in [-0.4, -0.2) is 20.9 Å². The zero-order valence-corrected chi connectivity index (χ0v) is 13.2. The second-order valence-electron chi connectivity index (χ2n) is 6.44. The van der Waals surface area contributed by atoms with Gasteiger partial charge in [0, 0.05) is 27.9 Å². The molecule has 2 aliphatic carbocycles. The van der Waals surface area contributed by atoms with Crippen LogP contribution in [0.3, 0.4) is 0 Å². The van der Waals surface area contributed by atoms with Gasteiger partial charge in [0.1, 0.15) is 11.5 Å². The number of imidazole rings is 1. The highest BCUT2D eigenvalue weighted by atomic mass is 16.4. The van der Waals surface area contributed by atoms with Crippen LogP contribution < -0.4 is 0 Å². The molecular weight excluding hydrogens is 298 g/mol. The molecule has 2 aromatic carbocycles. The van der Waals surface area contributed by atoms with Crippen LogP contribution >= 0.6 is 0 Å². The molecule has 1 heterocycles. The fraction of sp³-hybridized carbons (Fsp3) is 0.200. The summed E-state index contributed by atoms with van der Waals surface area (Å²) in [6.07, 6.45) is 4.58. The molecule has 0 atom stereocenters. The highest BCUT2D eigenvalue weighted by Gasteiger charge is 2.29. The molecule has 5 rings (SSSR count). The minimum atomic E-state index is 0.638. The summed E-state index contributed by atoms with van der Waals surface area (Å²) in [5.41, 5.74) is 8.33. The summed E-state index contributed by atoms with van der Waals surface area (Å²) in [5.74, 6) is 0.924. The van der Waals surface area contributed by atoms with E-state index in [1.54, 1.807) is 0 Å². The Hall–Kier alpha value is -2.88. The Bertz CT molecular complexity index is 961. The summed E-state index contributed by atoms with van der Waals surface area (Å²) in [6.45, 7) is 0. The summed E-state index contributed by atoms with van der Waals surface area (Å²) < 4.78 is 0. The quantitative estimate of drug-likeness (QED) is 0.409. The first-order valence-corrected chi connectivity index (χ1v) is 8.40. The fourth-order valence-electron chi connectivity index (χ4n) is 3.98. The zero-order chi connectivity index (χ0) is 16.1. The van der Waals surface area contributed by atoms with E-state index >= 15 is 0 Å². The zero-order valence-electron chi connectivity index (χ0n) is 13.2. The molecule has 4 nitrogen and oxygen atoms in total. The van der Waals surface area contributed by atoms with Gasteiger partial charge in [-0.15, -0.1) is 0 Å². The lowest BCUT2D eigenvalue weighted by Gasteiger charge is -2.07. The minimum absolute atomic E-state index is 0.638. The van der Waals surface area contributed by atoms with Crippen molar-refractivity contribution in [1.82, 2.24) is 9.97 Å². The Morgan fingerprint density at radius 3 is 2.46 bits per heavy atom. The molecular formula is C20H17N3O. The smallest absolute Gasteiger partial charge is 0.138 e. The molecule has 0 aliphatic heterocycles. The molecule has 0 bridgehead atoms. The second kappa shape index (κ2) is 5.06. The lowest BCUT2D eigenvalue weighted by atomic mass is 9.99. The van der Waals surface area contributed by atoms with E-state index in [0.717, 1.165) is 46.5 Å². The van der Waals surface area contributed by atoms with Crippen LogP contribution in [0.5, 0.6) is 0 Å². The van der Waals surface area contributed by atoms with Crippen LogP contribution in [0.15, 0.2) is 47.6 Å². The first-order valence-electron chi connectivity index (χ1n) is 8.40. The molecule has 0 saturated carbocycles. The van der Waals surface area contributed by atoms with Gasteiger partial charge in [0.05, 0.1) is 5.69 Å². The first-order chi connectivity index (χ1) is 11.9. The number of aryl methyl sites for hydroxylation is 2. The van der Waals surface area contributed by atoms with Crippen LogP contribution in [0.1, 0.15) is 35.4 Å². The standard InChI is InChI=1S/C20H17N3O/c24-23-19-13-7-2-1-6-12(13)18-14(19)8-5-9-15(18)20-21-16-10-3-4-11-17(16)22-20/h1-2,5-9,24H,3-4,10-11H2,(H,21,22)/b23-19-. The van der Waals surface area contributed by atoms with Crippen molar-refractivity contribution in [3.8, 4) is 22.5 Å². The number of benzene rings is 2. The predicted molar refractivity (Wildman–Crippen MR) is 93.5 cm³/mol. The summed E-state index contributed by atoms with van der Waals surface area (Å²) >= 11 is 0. The van der Waals surface area contributed by atoms with Crippen LogP contribution in [0, 0.1) is 0 Å². The lowest BCUT2D eigenvalue weighted by molar-refractivity contribution is 0.320. The topological polar surface area (TPSA) is 61.3 Å². The monoisotopic (exact) mass is 315 g/mol. The van der Waals surface area contributed by atoms with Gasteiger partial charge < -0.3 is 10.2 Å². The van der Waals surface area contributed by atoms with Gasteiger partial charge in [-0.1, -0.05) is 47.6 Å². The van der Waals surface area contributed by atoms with Crippen molar-refractivity contribution < 1.29 is 5.21 Å². The van der Waals surface area contributed by atoms with E-state index < -0.39 is 0 Å². The van der Waals surface area contributed by atoms with Crippen molar-refractivity contribution >= 4 is 5.71 Å². The number of aromatic amines is 1. The molecule has 0 radical (unpaired) electrons. The van der Waals surface area contributed by atoms with Crippen molar-refractivity contribution in [2.45, 2.75) is 25.7 Å². The number of rotatable bonds is 1. The number of oxime groups is 1. The van der Waals surface area contributed by atoms with Gasteiger partial charge in [-0.2, -0.15) is 0 Å². The third-order valence-corrected chi connectivity index (χ3v) is 5.08. The lowest BCUT2D eigenvalue weighted by Crippen LogP contribution is -2.00. The molecule has 3 aromatic rings. The van der Waals surface area contributed by atoms with Gasteiger partial charge in [0.25, 0.3) is 0 Å². The molecule has 0 unspecified atom stereocenters. The first kappa shape index (κ1) is 13.5. The Balaban J connectivity index is 1.77. The van der Waals surface area contributed by atoms with Gasteiger partial charge >= 0.3 is 0 Å². The molecule has 2 N–H and O–H groups in total. The van der Waals surface area contributed by atoms with Crippen molar-refractivity contribution in [3.05, 3.63) is 65.0 Å². The molecule has 0 spiro atoms. The molecule has 118 valence electrons. The Morgan fingerprint density at radius 1 is 0.875 bits per heavy atom. The van der Waals surface area contributed by atoms with Gasteiger partial charge in [-0.3, -0.25) is 0 Å². The van der Waals surface area contributed by atoms with E-state index in [0.29, 0.717) is 5.71 Å². The summed E-state index contributed by atoms with van der Waals surface area (Å²) in [6, 6.07) is 14.2. The van der Waals surface area contributed by atoms with Crippen LogP contribution in [0.25, 0.3) is 22.5 Å². The molecule has 0 amide bonds. The summed E-state index contributed by atoms with van der Waals surface area (Å²) in [4.78, 5) is 8.39. The van der Waals surface area contributed by atoms with Gasteiger partial charge in [0.15, 0.2) is 0 Å². The van der Waals surface area contributed by atoms with E-state index in [1.807, 2.05) is 30.3 Å². The third-order valence-electron chi connectivity index (χ3n) is 5.08. The Labute approximate surface area is 139 Å². The Kier molecular flexibility index (Phi) is 2.86. The number of hydrogen-bond acceptors (Lipinski definition) is 3.